The Kier molecular flexibility index (Phi) is 3.21. The number of non-ortho nitro benzene ring substituents is 1. The van der Waals surface area contributed by atoms with Gasteiger partial charge < -0.3 is 0 Å². The highest BCUT2D eigenvalue weighted by molar-refractivity contribution is 6.37. The molecule has 7 heteroatoms. The van der Waals surface area contributed by atoms with Crippen molar-refractivity contribution >= 4 is 28.9 Å². The molecule has 2 aromatic rings. The van der Waals surface area contributed by atoms with E-state index >= 15 is 0 Å². The minimum Gasteiger partial charge on any atom is -0.258 e. The highest BCUT2D eigenvalue weighted by Crippen LogP contribution is 2.33. The summed E-state index contributed by atoms with van der Waals surface area (Å²) in [6.07, 6.45) is 1.23. The highest BCUT2D eigenvalue weighted by atomic mass is 35.5. The van der Waals surface area contributed by atoms with Crippen LogP contribution in [0.3, 0.4) is 0 Å². The van der Waals surface area contributed by atoms with Crippen LogP contribution < -0.4 is 0 Å². The van der Waals surface area contributed by atoms with Crippen molar-refractivity contribution in [2.75, 3.05) is 0 Å². The molecule has 0 spiro atoms. The molecule has 0 bridgehead atoms. The lowest BCUT2D eigenvalue weighted by Gasteiger charge is -2.04. The number of halogens is 2. The molecule has 0 saturated heterocycles. The van der Waals surface area contributed by atoms with Gasteiger partial charge in [0.2, 0.25) is 0 Å². The van der Waals surface area contributed by atoms with Crippen molar-refractivity contribution in [2.24, 2.45) is 0 Å². The summed E-state index contributed by atoms with van der Waals surface area (Å²) >= 11 is 11.8. The molecule has 0 saturated carbocycles. The molecular formula is C10H5Cl2N3O2. The predicted molar refractivity (Wildman–Crippen MR) is 64.1 cm³/mol. The molecule has 0 fully saturated rings. The summed E-state index contributed by atoms with van der Waals surface area (Å²) in [4.78, 5) is 17.8. The molecule has 5 nitrogen and oxygen atoms in total. The molecule has 0 amide bonds. The van der Waals surface area contributed by atoms with Gasteiger partial charge in [0, 0.05) is 12.1 Å². The van der Waals surface area contributed by atoms with E-state index in [1.54, 1.807) is 12.1 Å². The van der Waals surface area contributed by atoms with Crippen molar-refractivity contribution in [3.8, 4) is 11.1 Å². The topological polar surface area (TPSA) is 68.9 Å². The van der Waals surface area contributed by atoms with Crippen molar-refractivity contribution in [3.05, 3.63) is 51.0 Å². The highest BCUT2D eigenvalue weighted by Gasteiger charge is 2.13. The van der Waals surface area contributed by atoms with Crippen molar-refractivity contribution in [1.82, 2.24) is 9.97 Å². The van der Waals surface area contributed by atoms with E-state index in [4.69, 9.17) is 23.2 Å². The minimum atomic E-state index is -0.491. The Morgan fingerprint density at radius 3 is 2.41 bits per heavy atom. The zero-order valence-electron chi connectivity index (χ0n) is 8.30. The molecule has 17 heavy (non-hydrogen) atoms. The Labute approximate surface area is 106 Å². The standard InChI is InChI=1S/C10H5Cl2N3O2/c11-9-8(10(12)14-5-13-9)6-2-1-3-7(4-6)15(16)17/h1-5H. The number of hydrogen-bond acceptors (Lipinski definition) is 4. The van der Waals surface area contributed by atoms with Crippen LogP contribution in [-0.4, -0.2) is 14.9 Å². The van der Waals surface area contributed by atoms with Crippen LogP contribution in [0.2, 0.25) is 10.3 Å². The molecular weight excluding hydrogens is 265 g/mol. The Morgan fingerprint density at radius 2 is 1.82 bits per heavy atom. The lowest BCUT2D eigenvalue weighted by Crippen LogP contribution is -1.91. The molecule has 1 aromatic heterocycles. The number of benzene rings is 1. The molecule has 0 aliphatic rings. The lowest BCUT2D eigenvalue weighted by molar-refractivity contribution is -0.384. The fraction of sp³-hybridized carbons (Fsp3) is 0. The molecule has 0 aliphatic carbocycles. The third-order valence-corrected chi connectivity index (χ3v) is 2.67. The molecule has 1 aromatic carbocycles. The van der Waals surface area contributed by atoms with Crippen molar-refractivity contribution in [1.29, 1.82) is 0 Å². The number of nitrogens with zero attached hydrogens (tertiary/aromatic N) is 3. The molecule has 0 radical (unpaired) electrons. The number of nitro groups is 1. The first kappa shape index (κ1) is 11.8. The Hall–Kier alpha value is -1.72. The van der Waals surface area contributed by atoms with Gasteiger partial charge in [-0.15, -0.1) is 0 Å². The Balaban J connectivity index is 2.61. The van der Waals surface area contributed by atoms with Crippen LogP contribution >= 0.6 is 23.2 Å². The number of aromatic nitrogens is 2. The first-order valence-electron chi connectivity index (χ1n) is 4.50. The first-order valence-corrected chi connectivity index (χ1v) is 5.26. The number of hydrogen-bond donors (Lipinski definition) is 0. The van der Waals surface area contributed by atoms with Crippen molar-refractivity contribution < 1.29 is 4.92 Å². The van der Waals surface area contributed by atoms with Crippen LogP contribution in [0, 0.1) is 10.1 Å². The van der Waals surface area contributed by atoms with Crippen LogP contribution in [0.5, 0.6) is 0 Å². The molecule has 2 rings (SSSR count). The van der Waals surface area contributed by atoms with Gasteiger partial charge in [0.15, 0.2) is 0 Å². The SMILES string of the molecule is O=[N+]([O-])c1cccc(-c2c(Cl)ncnc2Cl)c1. The summed E-state index contributed by atoms with van der Waals surface area (Å²) in [5, 5.41) is 11.0. The normalized spacial score (nSPS) is 10.2. The second-order valence-corrected chi connectivity index (χ2v) is 3.85. The van der Waals surface area contributed by atoms with E-state index in [9.17, 15) is 10.1 Å². The van der Waals surface area contributed by atoms with Crippen molar-refractivity contribution in [2.45, 2.75) is 0 Å². The summed E-state index contributed by atoms with van der Waals surface area (Å²) in [6, 6.07) is 5.96. The largest absolute Gasteiger partial charge is 0.270 e. The number of nitro benzene ring substituents is 1. The zero-order valence-corrected chi connectivity index (χ0v) is 9.81. The summed E-state index contributed by atoms with van der Waals surface area (Å²) in [6.45, 7) is 0. The third-order valence-electron chi connectivity index (χ3n) is 2.10. The van der Waals surface area contributed by atoms with E-state index in [2.05, 4.69) is 9.97 Å². The van der Waals surface area contributed by atoms with Crippen molar-refractivity contribution in [3.63, 3.8) is 0 Å². The van der Waals surface area contributed by atoms with Gasteiger partial charge in [-0.2, -0.15) is 0 Å². The molecule has 0 N–H and O–H groups in total. The second kappa shape index (κ2) is 4.65. The van der Waals surface area contributed by atoms with Crippen LogP contribution in [0.1, 0.15) is 0 Å². The van der Waals surface area contributed by atoms with Gasteiger partial charge in [-0.05, 0) is 5.56 Å². The molecule has 0 aliphatic heterocycles. The number of rotatable bonds is 2. The van der Waals surface area contributed by atoms with E-state index < -0.39 is 4.92 Å². The van der Waals surface area contributed by atoms with Crippen LogP contribution in [0.4, 0.5) is 5.69 Å². The van der Waals surface area contributed by atoms with E-state index in [1.807, 2.05) is 0 Å². The monoisotopic (exact) mass is 269 g/mol. The summed E-state index contributed by atoms with van der Waals surface area (Å²) in [7, 11) is 0. The quantitative estimate of drug-likeness (QED) is 0.476. The van der Waals surface area contributed by atoms with Crippen LogP contribution in [0.15, 0.2) is 30.6 Å². The van der Waals surface area contributed by atoms with Gasteiger partial charge in [-0.25, -0.2) is 9.97 Å². The van der Waals surface area contributed by atoms with Crippen LogP contribution in [0.25, 0.3) is 11.1 Å². The van der Waals surface area contributed by atoms with Crippen LogP contribution in [-0.2, 0) is 0 Å². The smallest absolute Gasteiger partial charge is 0.258 e. The lowest BCUT2D eigenvalue weighted by atomic mass is 10.1. The molecule has 0 atom stereocenters. The fourth-order valence-electron chi connectivity index (χ4n) is 1.36. The predicted octanol–water partition coefficient (Wildman–Crippen LogP) is 3.36. The van der Waals surface area contributed by atoms with Gasteiger partial charge >= 0.3 is 0 Å². The maximum atomic E-state index is 10.7. The summed E-state index contributed by atoms with van der Waals surface area (Å²) in [5.41, 5.74) is 0.854. The third kappa shape index (κ3) is 2.35. The van der Waals surface area contributed by atoms with Gasteiger partial charge in [-0.1, -0.05) is 35.3 Å². The molecule has 1 heterocycles. The zero-order chi connectivity index (χ0) is 12.4. The Morgan fingerprint density at radius 1 is 1.18 bits per heavy atom. The summed E-state index contributed by atoms with van der Waals surface area (Å²) < 4.78 is 0. The van der Waals surface area contributed by atoms with E-state index in [0.717, 1.165) is 0 Å². The molecule has 86 valence electrons. The van der Waals surface area contributed by atoms with Gasteiger partial charge in [-0.3, -0.25) is 10.1 Å². The molecule has 0 unspecified atom stereocenters. The first-order chi connectivity index (χ1) is 8.09. The second-order valence-electron chi connectivity index (χ2n) is 3.14. The van der Waals surface area contributed by atoms with E-state index in [-0.39, 0.29) is 16.0 Å². The van der Waals surface area contributed by atoms with E-state index in [0.29, 0.717) is 11.1 Å². The maximum absolute atomic E-state index is 10.7. The van der Waals surface area contributed by atoms with Gasteiger partial charge in [0.05, 0.1) is 10.5 Å². The average Bonchev–Trinajstić information content (AvgIpc) is 2.29. The fourth-order valence-corrected chi connectivity index (χ4v) is 1.89. The minimum absolute atomic E-state index is 0.0431. The summed E-state index contributed by atoms with van der Waals surface area (Å²) in [5.74, 6) is 0. The Bertz CT molecular complexity index is 569. The average molecular weight is 270 g/mol. The van der Waals surface area contributed by atoms with Gasteiger partial charge in [0.25, 0.3) is 5.69 Å². The maximum Gasteiger partial charge on any atom is 0.270 e. The van der Waals surface area contributed by atoms with E-state index in [1.165, 1.54) is 18.5 Å². The van der Waals surface area contributed by atoms with Gasteiger partial charge in [0.1, 0.15) is 16.6 Å².